The van der Waals surface area contributed by atoms with E-state index in [0.29, 0.717) is 36.2 Å². The lowest BCUT2D eigenvalue weighted by molar-refractivity contribution is 0.104. The molecule has 1 heterocycles. The Balaban J connectivity index is 1.71. The second kappa shape index (κ2) is 5.74. The van der Waals surface area contributed by atoms with Crippen molar-refractivity contribution in [1.82, 2.24) is 0 Å². The van der Waals surface area contributed by atoms with Gasteiger partial charge in [0.25, 0.3) is 0 Å². The van der Waals surface area contributed by atoms with Gasteiger partial charge in [0.15, 0.2) is 17.3 Å². The van der Waals surface area contributed by atoms with E-state index in [2.05, 4.69) is 0 Å². The molecule has 3 nitrogen and oxygen atoms in total. The van der Waals surface area contributed by atoms with Gasteiger partial charge in [-0.25, -0.2) is 0 Å². The highest BCUT2D eigenvalue weighted by Crippen LogP contribution is 2.39. The first kappa shape index (κ1) is 14.3. The van der Waals surface area contributed by atoms with Crippen LogP contribution in [0.4, 0.5) is 0 Å². The molecule has 2 aromatic rings. The van der Waals surface area contributed by atoms with Crippen LogP contribution in [-0.2, 0) is 6.42 Å². The zero-order valence-corrected chi connectivity index (χ0v) is 13.2. The number of allylic oxidation sites excluding steroid dienone is 1. The summed E-state index contributed by atoms with van der Waals surface area (Å²) in [4.78, 5) is 12.5. The van der Waals surface area contributed by atoms with Gasteiger partial charge in [0.1, 0.15) is 0 Å². The van der Waals surface area contributed by atoms with Crippen molar-refractivity contribution in [2.75, 3.05) is 13.2 Å². The van der Waals surface area contributed by atoms with Crippen LogP contribution >= 0.6 is 11.6 Å². The number of Topliss-reactive ketones (excluding diaryl/α,β-unsaturated/α-hetero) is 1. The van der Waals surface area contributed by atoms with Crippen molar-refractivity contribution in [3.8, 4) is 11.5 Å². The molecule has 1 aliphatic heterocycles. The molecular weight excluding hydrogens is 312 g/mol. The monoisotopic (exact) mass is 326 g/mol. The van der Waals surface area contributed by atoms with Crippen LogP contribution < -0.4 is 9.47 Å². The molecule has 0 fully saturated rings. The molecule has 0 N–H and O–H groups in total. The molecule has 0 saturated carbocycles. The van der Waals surface area contributed by atoms with Gasteiger partial charge in [-0.3, -0.25) is 4.79 Å². The van der Waals surface area contributed by atoms with Crippen LogP contribution in [-0.4, -0.2) is 19.0 Å². The highest BCUT2D eigenvalue weighted by atomic mass is 35.5. The summed E-state index contributed by atoms with van der Waals surface area (Å²) < 4.78 is 11.3. The van der Waals surface area contributed by atoms with Crippen molar-refractivity contribution in [3.05, 3.63) is 63.7 Å². The van der Waals surface area contributed by atoms with Gasteiger partial charge in [-0.15, -0.1) is 0 Å². The SMILES string of the molecule is O=C1/C(=C/c2cc(Cl)c3c(c2)OCCCO3)Cc2ccccc21. The maximum Gasteiger partial charge on any atom is 0.189 e. The van der Waals surface area contributed by atoms with Crippen molar-refractivity contribution in [3.63, 3.8) is 0 Å². The van der Waals surface area contributed by atoms with Crippen molar-refractivity contribution < 1.29 is 14.3 Å². The van der Waals surface area contributed by atoms with Gasteiger partial charge in [-0.2, -0.15) is 0 Å². The van der Waals surface area contributed by atoms with E-state index in [1.165, 1.54) is 0 Å². The van der Waals surface area contributed by atoms with E-state index < -0.39 is 0 Å². The normalized spacial score (nSPS) is 18.0. The Labute approximate surface area is 139 Å². The zero-order chi connectivity index (χ0) is 15.8. The predicted octanol–water partition coefficient (Wildman–Crippen LogP) is 4.32. The van der Waals surface area contributed by atoms with Gasteiger partial charge >= 0.3 is 0 Å². The third-order valence-corrected chi connectivity index (χ3v) is 4.38. The first-order valence-corrected chi connectivity index (χ1v) is 8.02. The van der Waals surface area contributed by atoms with Crippen LogP contribution in [0.25, 0.3) is 6.08 Å². The Morgan fingerprint density at radius 1 is 1.09 bits per heavy atom. The van der Waals surface area contributed by atoms with E-state index in [1.54, 1.807) is 0 Å². The Morgan fingerprint density at radius 3 is 2.78 bits per heavy atom. The number of benzene rings is 2. The van der Waals surface area contributed by atoms with Crippen LogP contribution in [0.5, 0.6) is 11.5 Å². The molecule has 0 radical (unpaired) electrons. The van der Waals surface area contributed by atoms with Gasteiger partial charge in [0.05, 0.1) is 18.2 Å². The standard InChI is InChI=1S/C19H15ClO3/c20-16-9-12(10-17-19(16)23-7-3-6-22-17)8-14-11-13-4-1-2-5-15(13)18(14)21/h1-2,4-5,8-10H,3,6-7,11H2/b14-8+. The molecule has 23 heavy (non-hydrogen) atoms. The molecule has 0 spiro atoms. The number of carbonyl (C=O) groups is 1. The summed E-state index contributed by atoms with van der Waals surface area (Å²) in [5, 5.41) is 0.513. The molecule has 0 atom stereocenters. The second-order valence-electron chi connectivity index (χ2n) is 5.71. The Kier molecular flexibility index (Phi) is 3.58. The van der Waals surface area contributed by atoms with Crippen molar-refractivity contribution in [2.45, 2.75) is 12.8 Å². The fraction of sp³-hybridized carbons (Fsp3) is 0.211. The number of rotatable bonds is 1. The quantitative estimate of drug-likeness (QED) is 0.732. The summed E-state index contributed by atoms with van der Waals surface area (Å²) in [5.41, 5.74) is 3.50. The van der Waals surface area contributed by atoms with Gasteiger partial charge < -0.3 is 9.47 Å². The summed E-state index contributed by atoms with van der Waals surface area (Å²) >= 11 is 6.31. The molecule has 0 unspecified atom stereocenters. The van der Waals surface area contributed by atoms with Crippen LogP contribution in [0.2, 0.25) is 5.02 Å². The minimum absolute atomic E-state index is 0.0869. The molecule has 4 rings (SSSR count). The van der Waals surface area contributed by atoms with Crippen LogP contribution in [0.15, 0.2) is 42.0 Å². The van der Waals surface area contributed by atoms with Crippen LogP contribution in [0, 0.1) is 0 Å². The third kappa shape index (κ3) is 2.62. The molecule has 4 heteroatoms. The van der Waals surface area contributed by atoms with Gasteiger partial charge in [-0.05, 0) is 29.3 Å². The molecule has 0 saturated heterocycles. The van der Waals surface area contributed by atoms with Crippen molar-refractivity contribution in [1.29, 1.82) is 0 Å². The molecular formula is C19H15ClO3. The first-order valence-electron chi connectivity index (χ1n) is 7.65. The molecule has 0 aromatic heterocycles. The van der Waals surface area contributed by atoms with Crippen LogP contribution in [0.1, 0.15) is 27.9 Å². The molecule has 0 bridgehead atoms. The summed E-state index contributed by atoms with van der Waals surface area (Å²) in [6.45, 7) is 1.20. The number of hydrogen-bond donors (Lipinski definition) is 0. The van der Waals surface area contributed by atoms with Crippen LogP contribution in [0.3, 0.4) is 0 Å². The molecule has 2 aliphatic rings. The first-order chi connectivity index (χ1) is 11.2. The van der Waals surface area contributed by atoms with Gasteiger partial charge in [-0.1, -0.05) is 35.9 Å². The van der Waals surface area contributed by atoms with Gasteiger partial charge in [0, 0.05) is 24.0 Å². The number of fused-ring (bicyclic) bond motifs is 2. The van der Waals surface area contributed by atoms with Crippen molar-refractivity contribution >= 4 is 23.5 Å². The number of halogens is 1. The summed E-state index contributed by atoms with van der Waals surface area (Å²) in [7, 11) is 0. The molecule has 2 aromatic carbocycles. The number of ether oxygens (including phenoxy) is 2. The van der Waals surface area contributed by atoms with E-state index >= 15 is 0 Å². The largest absolute Gasteiger partial charge is 0.489 e. The highest BCUT2D eigenvalue weighted by Gasteiger charge is 2.24. The summed E-state index contributed by atoms with van der Waals surface area (Å²) in [5.74, 6) is 1.32. The number of hydrogen-bond acceptors (Lipinski definition) is 3. The average molecular weight is 327 g/mol. The maximum atomic E-state index is 12.5. The number of ketones is 1. The smallest absolute Gasteiger partial charge is 0.189 e. The minimum Gasteiger partial charge on any atom is -0.489 e. The molecule has 1 aliphatic carbocycles. The van der Waals surface area contributed by atoms with Gasteiger partial charge in [0.2, 0.25) is 0 Å². The lowest BCUT2D eigenvalue weighted by Crippen LogP contribution is -1.97. The Bertz CT molecular complexity index is 823. The Hall–Kier alpha value is -2.26. The molecule has 0 amide bonds. The number of carbonyl (C=O) groups excluding carboxylic acids is 1. The van der Waals surface area contributed by atoms with E-state index in [-0.39, 0.29) is 5.78 Å². The second-order valence-corrected chi connectivity index (χ2v) is 6.12. The summed E-state index contributed by atoms with van der Waals surface area (Å²) in [6.07, 6.45) is 3.37. The zero-order valence-electron chi connectivity index (χ0n) is 12.5. The van der Waals surface area contributed by atoms with E-state index in [9.17, 15) is 4.79 Å². The lowest BCUT2D eigenvalue weighted by atomic mass is 10.1. The van der Waals surface area contributed by atoms with E-state index in [0.717, 1.165) is 28.7 Å². The Morgan fingerprint density at radius 2 is 1.91 bits per heavy atom. The fourth-order valence-electron chi connectivity index (χ4n) is 3.01. The predicted molar refractivity (Wildman–Crippen MR) is 89.5 cm³/mol. The fourth-order valence-corrected chi connectivity index (χ4v) is 3.28. The van der Waals surface area contributed by atoms with Crippen molar-refractivity contribution in [2.24, 2.45) is 0 Å². The van der Waals surface area contributed by atoms with E-state index in [1.807, 2.05) is 42.5 Å². The molecule has 116 valence electrons. The minimum atomic E-state index is 0.0869. The third-order valence-electron chi connectivity index (χ3n) is 4.10. The van der Waals surface area contributed by atoms with E-state index in [4.69, 9.17) is 21.1 Å². The lowest BCUT2D eigenvalue weighted by Gasteiger charge is -2.10. The maximum absolute atomic E-state index is 12.5. The topological polar surface area (TPSA) is 35.5 Å². The highest BCUT2D eigenvalue weighted by molar-refractivity contribution is 6.32. The average Bonchev–Trinajstić information content (AvgIpc) is 2.73. The summed E-state index contributed by atoms with van der Waals surface area (Å²) in [6, 6.07) is 11.4.